The maximum Gasteiger partial charge on any atom is 0.310 e. The van der Waals surface area contributed by atoms with Crippen molar-refractivity contribution in [1.29, 1.82) is 0 Å². The number of amides is 1. The number of hydrogen-bond donors (Lipinski definition) is 1. The highest BCUT2D eigenvalue weighted by Crippen LogP contribution is 2.28. The van der Waals surface area contributed by atoms with Crippen molar-refractivity contribution >= 4 is 17.4 Å². The van der Waals surface area contributed by atoms with E-state index in [1.165, 1.54) is 19.1 Å². The van der Waals surface area contributed by atoms with Gasteiger partial charge in [-0.2, -0.15) is 0 Å². The minimum atomic E-state index is -0.933. The van der Waals surface area contributed by atoms with Crippen molar-refractivity contribution in [2.24, 2.45) is 0 Å². The van der Waals surface area contributed by atoms with Crippen LogP contribution in [0.25, 0.3) is 0 Å². The van der Waals surface area contributed by atoms with Gasteiger partial charge in [-0.1, -0.05) is 11.2 Å². The van der Waals surface area contributed by atoms with Crippen LogP contribution in [0, 0.1) is 24.0 Å². The molecule has 0 aliphatic carbocycles. The highest BCUT2D eigenvalue weighted by atomic mass is 16.6. The summed E-state index contributed by atoms with van der Waals surface area (Å²) in [4.78, 5) is 22.4. The van der Waals surface area contributed by atoms with E-state index in [-0.39, 0.29) is 17.3 Å². The molecular weight excluding hydrogens is 290 g/mol. The molecule has 0 spiro atoms. The second-order valence-corrected chi connectivity index (χ2v) is 4.80. The van der Waals surface area contributed by atoms with Crippen LogP contribution < -0.4 is 10.1 Å². The number of hydrogen-bond acceptors (Lipinski definition) is 6. The maximum absolute atomic E-state index is 12.0. The summed E-state index contributed by atoms with van der Waals surface area (Å²) in [7, 11) is 0. The summed E-state index contributed by atoms with van der Waals surface area (Å²) in [6, 6.07) is 6.02. The van der Waals surface area contributed by atoms with Crippen molar-refractivity contribution in [2.75, 3.05) is 5.32 Å². The second kappa shape index (κ2) is 6.25. The van der Waals surface area contributed by atoms with Gasteiger partial charge in [-0.15, -0.1) is 0 Å². The zero-order valence-electron chi connectivity index (χ0n) is 12.3. The normalized spacial score (nSPS) is 11.8. The Balaban J connectivity index is 2.11. The number of anilines is 1. The number of rotatable bonds is 5. The third-order valence-corrected chi connectivity index (χ3v) is 2.86. The number of nitro groups is 1. The van der Waals surface area contributed by atoms with E-state index in [9.17, 15) is 14.9 Å². The first-order valence-corrected chi connectivity index (χ1v) is 6.52. The van der Waals surface area contributed by atoms with Gasteiger partial charge in [0.25, 0.3) is 5.91 Å². The standard InChI is InChI=1S/C14H15N3O5/c1-8-4-5-11(17(19)20)12(6-8)21-10(3)14(18)15-13-7-9(2)22-16-13/h4-7,10H,1-3H3,(H,15,16,18). The third-order valence-electron chi connectivity index (χ3n) is 2.86. The topological polar surface area (TPSA) is 108 Å². The predicted molar refractivity (Wildman–Crippen MR) is 77.8 cm³/mol. The lowest BCUT2D eigenvalue weighted by Gasteiger charge is -2.14. The fraction of sp³-hybridized carbons (Fsp3) is 0.286. The summed E-state index contributed by atoms with van der Waals surface area (Å²) in [5.74, 6) is 0.378. The van der Waals surface area contributed by atoms with Crippen LogP contribution in [0.4, 0.5) is 11.5 Å². The quantitative estimate of drug-likeness (QED) is 0.672. The molecule has 1 atom stereocenters. The van der Waals surface area contributed by atoms with Crippen molar-refractivity contribution < 1.29 is 19.0 Å². The molecule has 1 amide bonds. The Kier molecular flexibility index (Phi) is 4.40. The maximum atomic E-state index is 12.0. The highest BCUT2D eigenvalue weighted by Gasteiger charge is 2.22. The smallest absolute Gasteiger partial charge is 0.310 e. The first-order valence-electron chi connectivity index (χ1n) is 6.52. The number of aryl methyl sites for hydroxylation is 2. The Labute approximate surface area is 126 Å². The van der Waals surface area contributed by atoms with Crippen LogP contribution in [0.1, 0.15) is 18.2 Å². The average molecular weight is 305 g/mol. The number of aromatic nitrogens is 1. The molecule has 1 unspecified atom stereocenters. The number of ether oxygens (including phenoxy) is 1. The largest absolute Gasteiger partial charge is 0.474 e. The lowest BCUT2D eigenvalue weighted by molar-refractivity contribution is -0.386. The van der Waals surface area contributed by atoms with E-state index in [0.29, 0.717) is 5.76 Å². The van der Waals surface area contributed by atoms with Crippen molar-refractivity contribution in [2.45, 2.75) is 26.9 Å². The Morgan fingerprint density at radius 2 is 2.14 bits per heavy atom. The predicted octanol–water partition coefficient (Wildman–Crippen LogP) is 2.61. The van der Waals surface area contributed by atoms with Gasteiger partial charge in [-0.3, -0.25) is 14.9 Å². The highest BCUT2D eigenvalue weighted by molar-refractivity contribution is 5.93. The molecule has 0 fully saturated rings. The lowest BCUT2D eigenvalue weighted by atomic mass is 10.2. The van der Waals surface area contributed by atoms with Gasteiger partial charge in [-0.05, 0) is 32.4 Å². The van der Waals surface area contributed by atoms with Gasteiger partial charge in [-0.25, -0.2) is 0 Å². The van der Waals surface area contributed by atoms with Crippen LogP contribution in [-0.2, 0) is 4.79 Å². The van der Waals surface area contributed by atoms with Crippen LogP contribution in [0.15, 0.2) is 28.8 Å². The Hall–Kier alpha value is -2.90. The van der Waals surface area contributed by atoms with E-state index < -0.39 is 16.9 Å². The minimum Gasteiger partial charge on any atom is -0.474 e. The molecule has 0 saturated carbocycles. The van der Waals surface area contributed by atoms with Gasteiger partial charge in [0.05, 0.1) is 4.92 Å². The van der Waals surface area contributed by atoms with Crippen molar-refractivity contribution in [3.05, 3.63) is 45.7 Å². The molecule has 8 nitrogen and oxygen atoms in total. The molecule has 1 N–H and O–H groups in total. The first-order chi connectivity index (χ1) is 10.4. The van der Waals surface area contributed by atoms with Gasteiger partial charge >= 0.3 is 5.69 Å². The molecule has 1 heterocycles. The summed E-state index contributed by atoms with van der Waals surface area (Å²) < 4.78 is 10.3. The Morgan fingerprint density at radius 1 is 1.41 bits per heavy atom. The third kappa shape index (κ3) is 3.60. The number of carbonyl (C=O) groups is 1. The summed E-state index contributed by atoms with van der Waals surface area (Å²) >= 11 is 0. The van der Waals surface area contributed by atoms with Gasteiger partial charge in [0.1, 0.15) is 5.76 Å². The molecule has 0 radical (unpaired) electrons. The molecule has 1 aromatic carbocycles. The minimum absolute atomic E-state index is 0.0454. The molecule has 0 aliphatic heterocycles. The van der Waals surface area contributed by atoms with E-state index in [4.69, 9.17) is 9.26 Å². The van der Waals surface area contributed by atoms with Crippen LogP contribution in [0.3, 0.4) is 0 Å². The molecule has 2 aromatic rings. The lowest BCUT2D eigenvalue weighted by Crippen LogP contribution is -2.30. The zero-order valence-corrected chi connectivity index (χ0v) is 12.3. The van der Waals surface area contributed by atoms with Crippen molar-refractivity contribution in [3.63, 3.8) is 0 Å². The SMILES string of the molecule is Cc1ccc([N+](=O)[O-])c(OC(C)C(=O)Nc2cc(C)on2)c1. The summed E-state index contributed by atoms with van der Waals surface area (Å²) in [6.45, 7) is 4.96. The summed E-state index contributed by atoms with van der Waals surface area (Å²) in [6.07, 6.45) is -0.933. The molecule has 0 bridgehead atoms. The first kappa shape index (κ1) is 15.5. The molecule has 2 rings (SSSR count). The van der Waals surface area contributed by atoms with Gasteiger partial charge < -0.3 is 14.6 Å². The zero-order chi connectivity index (χ0) is 16.3. The number of nitrogens with one attached hydrogen (secondary N) is 1. The monoisotopic (exact) mass is 305 g/mol. The molecule has 0 saturated heterocycles. The van der Waals surface area contributed by atoms with Crippen molar-refractivity contribution in [1.82, 2.24) is 5.16 Å². The van der Waals surface area contributed by atoms with Gasteiger partial charge in [0.15, 0.2) is 17.7 Å². The van der Waals surface area contributed by atoms with Gasteiger partial charge in [0, 0.05) is 12.1 Å². The fourth-order valence-electron chi connectivity index (χ4n) is 1.76. The Morgan fingerprint density at radius 3 is 2.73 bits per heavy atom. The fourth-order valence-corrected chi connectivity index (χ4v) is 1.76. The van der Waals surface area contributed by atoms with Crippen molar-refractivity contribution in [3.8, 4) is 5.75 Å². The number of carbonyl (C=O) groups excluding carboxylic acids is 1. The Bertz CT molecular complexity index is 710. The van der Waals surface area contributed by atoms with E-state index in [1.807, 2.05) is 0 Å². The van der Waals surface area contributed by atoms with E-state index >= 15 is 0 Å². The van der Waals surface area contributed by atoms with Crippen LogP contribution >= 0.6 is 0 Å². The van der Waals surface area contributed by atoms with E-state index in [1.54, 1.807) is 26.0 Å². The summed E-state index contributed by atoms with van der Waals surface area (Å²) in [5.41, 5.74) is 0.600. The molecular formula is C14H15N3O5. The van der Waals surface area contributed by atoms with E-state index in [0.717, 1.165) is 5.56 Å². The van der Waals surface area contributed by atoms with Crippen LogP contribution in [0.2, 0.25) is 0 Å². The molecule has 116 valence electrons. The number of nitro benzene ring substituents is 1. The molecule has 8 heteroatoms. The van der Waals surface area contributed by atoms with E-state index in [2.05, 4.69) is 10.5 Å². The molecule has 0 aliphatic rings. The van der Waals surface area contributed by atoms with Crippen LogP contribution in [-0.4, -0.2) is 22.1 Å². The van der Waals surface area contributed by atoms with Crippen LogP contribution in [0.5, 0.6) is 5.75 Å². The number of benzene rings is 1. The molecule has 1 aromatic heterocycles. The van der Waals surface area contributed by atoms with Gasteiger partial charge in [0.2, 0.25) is 0 Å². The average Bonchev–Trinajstić information content (AvgIpc) is 2.83. The summed E-state index contributed by atoms with van der Waals surface area (Å²) in [5, 5.41) is 17.1. The number of nitrogens with zero attached hydrogens (tertiary/aromatic N) is 2. The second-order valence-electron chi connectivity index (χ2n) is 4.80. The molecule has 22 heavy (non-hydrogen) atoms.